The lowest BCUT2D eigenvalue weighted by Crippen LogP contribution is -2.20. The van der Waals surface area contributed by atoms with Gasteiger partial charge in [-0.05, 0) is 20.2 Å². The van der Waals surface area contributed by atoms with E-state index in [9.17, 15) is 9.50 Å². The highest BCUT2D eigenvalue weighted by Gasteiger charge is 2.11. The van der Waals surface area contributed by atoms with Gasteiger partial charge < -0.3 is 15.7 Å². The molecule has 4 nitrogen and oxygen atoms in total. The van der Waals surface area contributed by atoms with Crippen LogP contribution in [0.3, 0.4) is 0 Å². The van der Waals surface area contributed by atoms with Crippen molar-refractivity contribution in [3.8, 4) is 0 Å². The number of anilines is 1. The molecule has 78 valence electrons. The van der Waals surface area contributed by atoms with Crippen LogP contribution < -0.4 is 5.73 Å². The molecule has 14 heavy (non-hydrogen) atoms. The van der Waals surface area contributed by atoms with Gasteiger partial charge in [0.2, 0.25) is 0 Å². The molecular weight excluding hydrogens is 185 g/mol. The number of aliphatic hydroxyl groups excluding tert-OH is 1. The second kappa shape index (κ2) is 4.34. The van der Waals surface area contributed by atoms with Crippen LogP contribution in [0.4, 0.5) is 10.1 Å². The number of aliphatic hydroxyl groups is 1. The van der Waals surface area contributed by atoms with Crippen molar-refractivity contribution in [2.24, 2.45) is 0 Å². The number of rotatable bonds is 3. The molecule has 0 aliphatic carbocycles. The third-order valence-electron chi connectivity index (χ3n) is 1.79. The Bertz CT molecular complexity index is 317. The van der Waals surface area contributed by atoms with Gasteiger partial charge in [-0.2, -0.15) is 0 Å². The first-order valence-electron chi connectivity index (χ1n) is 4.24. The second-order valence-electron chi connectivity index (χ2n) is 3.41. The standard InChI is InChI=1S/C9H14FN3O/c1-13(2)5-9(14)8-3-7(11)6(10)4-12-8/h3-4,9,14H,5H2,1-2H3,(H2,11,12). The molecule has 1 heterocycles. The molecule has 0 radical (unpaired) electrons. The number of halogens is 1. The van der Waals surface area contributed by atoms with E-state index in [4.69, 9.17) is 5.73 Å². The lowest BCUT2D eigenvalue weighted by molar-refractivity contribution is 0.134. The lowest BCUT2D eigenvalue weighted by Gasteiger charge is -2.15. The van der Waals surface area contributed by atoms with Gasteiger partial charge in [-0.25, -0.2) is 4.39 Å². The minimum absolute atomic E-state index is 0.00723. The summed E-state index contributed by atoms with van der Waals surface area (Å²) >= 11 is 0. The van der Waals surface area contributed by atoms with Gasteiger partial charge in [0.1, 0.15) is 6.10 Å². The SMILES string of the molecule is CN(C)CC(O)c1cc(N)c(F)cn1. The zero-order chi connectivity index (χ0) is 10.7. The summed E-state index contributed by atoms with van der Waals surface area (Å²) in [6.07, 6.45) is 0.275. The Kier molecular flexibility index (Phi) is 3.38. The Balaban J connectivity index is 2.80. The molecule has 5 heteroatoms. The summed E-state index contributed by atoms with van der Waals surface area (Å²) in [6.45, 7) is 0.429. The highest BCUT2D eigenvalue weighted by molar-refractivity contribution is 5.39. The molecule has 0 spiro atoms. The first-order chi connectivity index (χ1) is 6.50. The van der Waals surface area contributed by atoms with E-state index >= 15 is 0 Å². The monoisotopic (exact) mass is 199 g/mol. The van der Waals surface area contributed by atoms with Gasteiger partial charge in [-0.3, -0.25) is 4.98 Å². The van der Waals surface area contributed by atoms with E-state index in [1.807, 2.05) is 19.0 Å². The number of aromatic nitrogens is 1. The topological polar surface area (TPSA) is 62.4 Å². The van der Waals surface area contributed by atoms with Crippen LogP contribution in [0.25, 0.3) is 0 Å². The van der Waals surface area contributed by atoms with Crippen molar-refractivity contribution in [1.29, 1.82) is 0 Å². The van der Waals surface area contributed by atoms with Crippen LogP contribution in [-0.2, 0) is 0 Å². The van der Waals surface area contributed by atoms with E-state index in [0.29, 0.717) is 12.2 Å². The minimum Gasteiger partial charge on any atom is -0.396 e. The van der Waals surface area contributed by atoms with Crippen LogP contribution in [0.1, 0.15) is 11.8 Å². The van der Waals surface area contributed by atoms with Crippen LogP contribution in [0, 0.1) is 5.82 Å². The Morgan fingerprint density at radius 3 is 2.79 bits per heavy atom. The number of hydrogen-bond donors (Lipinski definition) is 2. The Hall–Kier alpha value is -1.20. The van der Waals surface area contributed by atoms with Gasteiger partial charge in [0.05, 0.1) is 17.6 Å². The van der Waals surface area contributed by atoms with Crippen molar-refractivity contribution in [1.82, 2.24) is 9.88 Å². The highest BCUT2D eigenvalue weighted by atomic mass is 19.1. The van der Waals surface area contributed by atoms with Crippen LogP contribution in [0.5, 0.6) is 0 Å². The molecule has 3 N–H and O–H groups in total. The van der Waals surface area contributed by atoms with Crippen molar-refractivity contribution < 1.29 is 9.50 Å². The summed E-state index contributed by atoms with van der Waals surface area (Å²) in [7, 11) is 3.66. The Morgan fingerprint density at radius 2 is 2.29 bits per heavy atom. The lowest BCUT2D eigenvalue weighted by atomic mass is 10.2. The molecule has 1 atom stereocenters. The Labute approximate surface area is 82.2 Å². The number of nitrogens with zero attached hydrogens (tertiary/aromatic N) is 2. The molecule has 0 fully saturated rings. The van der Waals surface area contributed by atoms with Gasteiger partial charge in [0, 0.05) is 6.54 Å². The summed E-state index contributed by atoms with van der Waals surface area (Å²) in [4.78, 5) is 5.57. The Morgan fingerprint density at radius 1 is 1.64 bits per heavy atom. The third-order valence-corrected chi connectivity index (χ3v) is 1.79. The van der Waals surface area contributed by atoms with Crippen molar-refractivity contribution in [2.75, 3.05) is 26.4 Å². The molecule has 0 aliphatic rings. The summed E-state index contributed by atoms with van der Waals surface area (Å²) in [5, 5.41) is 9.62. The number of nitrogen functional groups attached to an aromatic ring is 1. The maximum Gasteiger partial charge on any atom is 0.164 e. The van der Waals surface area contributed by atoms with E-state index in [2.05, 4.69) is 4.98 Å². The van der Waals surface area contributed by atoms with E-state index < -0.39 is 11.9 Å². The fraction of sp³-hybridized carbons (Fsp3) is 0.444. The molecule has 0 aliphatic heterocycles. The van der Waals surface area contributed by atoms with Crippen LogP contribution in [0.15, 0.2) is 12.3 Å². The van der Waals surface area contributed by atoms with Crippen LogP contribution in [0.2, 0.25) is 0 Å². The molecule has 1 unspecified atom stereocenters. The van der Waals surface area contributed by atoms with Crippen LogP contribution in [-0.4, -0.2) is 35.6 Å². The molecule has 1 rings (SSSR count). The molecule has 1 aromatic heterocycles. The summed E-state index contributed by atoms with van der Waals surface area (Å²) in [6, 6.07) is 1.35. The first-order valence-corrected chi connectivity index (χ1v) is 4.24. The van der Waals surface area contributed by atoms with Crippen molar-refractivity contribution >= 4 is 5.69 Å². The largest absolute Gasteiger partial charge is 0.396 e. The number of nitrogens with two attached hydrogens (primary N) is 1. The predicted octanol–water partition coefficient (Wildman–Crippen LogP) is 0.398. The zero-order valence-electron chi connectivity index (χ0n) is 8.24. The molecule has 1 aromatic rings. The third kappa shape index (κ3) is 2.65. The van der Waals surface area contributed by atoms with E-state index in [1.165, 1.54) is 6.07 Å². The predicted molar refractivity (Wildman–Crippen MR) is 52.1 cm³/mol. The average Bonchev–Trinajstić information content (AvgIpc) is 2.08. The number of pyridine rings is 1. The quantitative estimate of drug-likeness (QED) is 0.739. The van der Waals surface area contributed by atoms with E-state index in [0.717, 1.165) is 6.20 Å². The van der Waals surface area contributed by atoms with Crippen molar-refractivity contribution in [2.45, 2.75) is 6.10 Å². The molecule has 0 bridgehead atoms. The maximum absolute atomic E-state index is 12.7. The molecule has 0 saturated carbocycles. The molecule has 0 amide bonds. The van der Waals surface area contributed by atoms with Gasteiger partial charge >= 0.3 is 0 Å². The first kappa shape index (κ1) is 10.9. The summed E-state index contributed by atoms with van der Waals surface area (Å²) < 4.78 is 12.7. The highest BCUT2D eigenvalue weighted by Crippen LogP contribution is 2.15. The van der Waals surface area contributed by atoms with E-state index in [1.54, 1.807) is 0 Å². The average molecular weight is 199 g/mol. The molecule has 0 aromatic carbocycles. The second-order valence-corrected chi connectivity index (χ2v) is 3.41. The fourth-order valence-corrected chi connectivity index (χ4v) is 1.09. The summed E-state index contributed by atoms with van der Waals surface area (Å²) in [5.74, 6) is -0.564. The molecular formula is C9H14FN3O. The van der Waals surface area contributed by atoms with Gasteiger partial charge in [-0.1, -0.05) is 0 Å². The molecule has 0 saturated heterocycles. The van der Waals surface area contributed by atoms with Crippen molar-refractivity contribution in [3.63, 3.8) is 0 Å². The van der Waals surface area contributed by atoms with Gasteiger partial charge in [-0.15, -0.1) is 0 Å². The van der Waals surface area contributed by atoms with Crippen molar-refractivity contribution in [3.05, 3.63) is 23.8 Å². The normalized spacial score (nSPS) is 13.2. The zero-order valence-corrected chi connectivity index (χ0v) is 8.24. The number of likely N-dealkylation sites (N-methyl/N-ethyl adjacent to an activating group) is 1. The smallest absolute Gasteiger partial charge is 0.164 e. The number of hydrogen-bond acceptors (Lipinski definition) is 4. The maximum atomic E-state index is 12.7. The minimum atomic E-state index is -0.743. The van der Waals surface area contributed by atoms with Gasteiger partial charge in [0.25, 0.3) is 0 Å². The fourth-order valence-electron chi connectivity index (χ4n) is 1.09. The van der Waals surface area contributed by atoms with E-state index in [-0.39, 0.29) is 5.69 Å². The van der Waals surface area contributed by atoms with Crippen LogP contribution >= 0.6 is 0 Å². The summed E-state index contributed by atoms with van der Waals surface area (Å²) in [5.41, 5.74) is 5.74. The van der Waals surface area contributed by atoms with Gasteiger partial charge in [0.15, 0.2) is 5.82 Å².